The highest BCUT2D eigenvalue weighted by atomic mass is 19.3. The number of methoxy groups -OCH3 is 1. The third-order valence-electron chi connectivity index (χ3n) is 3.67. The van der Waals surface area contributed by atoms with Gasteiger partial charge in [0.2, 0.25) is 5.91 Å². The number of alkyl halides is 2. The minimum Gasteiger partial charge on any atom is -0.493 e. The van der Waals surface area contributed by atoms with Crippen LogP contribution in [-0.2, 0) is 4.79 Å². The first-order chi connectivity index (χ1) is 13.9. The molecule has 0 aliphatic carbocycles. The Bertz CT molecular complexity index is 890. The molecular formula is C19H19F2N3O5. The molecule has 2 rings (SSSR count). The molecule has 0 saturated heterocycles. The maximum Gasteiger partial charge on any atom is 0.387 e. The second-order valence-corrected chi connectivity index (χ2v) is 5.61. The molecule has 0 fully saturated rings. The molecule has 154 valence electrons. The molecule has 0 aromatic heterocycles. The summed E-state index contributed by atoms with van der Waals surface area (Å²) in [6.07, 6.45) is 2.76. The normalized spacial score (nSPS) is 10.8. The number of hydrogen-bond donors (Lipinski definition) is 2. The molecule has 0 saturated carbocycles. The van der Waals surface area contributed by atoms with Crippen molar-refractivity contribution in [2.45, 2.75) is 6.61 Å². The van der Waals surface area contributed by atoms with Crippen LogP contribution in [0.4, 0.5) is 20.2 Å². The van der Waals surface area contributed by atoms with Gasteiger partial charge in [0.05, 0.1) is 12.0 Å². The van der Waals surface area contributed by atoms with E-state index in [0.717, 1.165) is 0 Å². The van der Waals surface area contributed by atoms with Gasteiger partial charge in [0.1, 0.15) is 5.69 Å². The average molecular weight is 407 g/mol. The highest BCUT2D eigenvalue weighted by Crippen LogP contribution is 2.29. The van der Waals surface area contributed by atoms with Crippen LogP contribution in [0.2, 0.25) is 0 Å². The Balaban J connectivity index is 1.85. The molecule has 10 heteroatoms. The van der Waals surface area contributed by atoms with Crippen LogP contribution in [0.5, 0.6) is 11.5 Å². The van der Waals surface area contributed by atoms with Gasteiger partial charge in [-0.05, 0) is 29.8 Å². The van der Waals surface area contributed by atoms with Crippen molar-refractivity contribution in [1.82, 2.24) is 5.32 Å². The van der Waals surface area contributed by atoms with Crippen molar-refractivity contribution >= 4 is 23.4 Å². The Labute approximate surface area is 165 Å². The SMILES string of the molecule is COc1cc(/C=C/C(=O)NCCNc2ccccc2[N+](=O)[O-])ccc1OC(F)F. The Morgan fingerprint density at radius 3 is 2.66 bits per heavy atom. The summed E-state index contributed by atoms with van der Waals surface area (Å²) in [5.41, 5.74) is 0.865. The number of carbonyl (C=O) groups excluding carboxylic acids is 1. The van der Waals surface area contributed by atoms with Crippen LogP contribution in [-0.4, -0.2) is 37.6 Å². The van der Waals surface area contributed by atoms with Gasteiger partial charge in [0, 0.05) is 25.2 Å². The van der Waals surface area contributed by atoms with E-state index >= 15 is 0 Å². The summed E-state index contributed by atoms with van der Waals surface area (Å²) in [6, 6.07) is 10.5. The van der Waals surface area contributed by atoms with Crippen LogP contribution in [0.1, 0.15) is 5.56 Å². The second-order valence-electron chi connectivity index (χ2n) is 5.61. The molecule has 2 N–H and O–H groups in total. The van der Waals surface area contributed by atoms with E-state index < -0.39 is 11.5 Å². The number of amides is 1. The smallest absolute Gasteiger partial charge is 0.387 e. The van der Waals surface area contributed by atoms with E-state index in [-0.39, 0.29) is 36.2 Å². The molecule has 0 aliphatic heterocycles. The van der Waals surface area contributed by atoms with Crippen LogP contribution in [0.3, 0.4) is 0 Å². The molecule has 2 aromatic rings. The minimum atomic E-state index is -2.97. The molecule has 1 amide bonds. The number of ether oxygens (including phenoxy) is 2. The number of para-hydroxylation sites is 2. The minimum absolute atomic E-state index is 0.0491. The number of nitrogens with zero attached hydrogens (tertiary/aromatic N) is 1. The van der Waals surface area contributed by atoms with Crippen molar-refractivity contribution in [3.8, 4) is 11.5 Å². The van der Waals surface area contributed by atoms with Gasteiger partial charge in [0.25, 0.3) is 5.69 Å². The molecule has 0 atom stereocenters. The van der Waals surface area contributed by atoms with E-state index in [1.165, 1.54) is 43.5 Å². The fourth-order valence-corrected chi connectivity index (χ4v) is 2.38. The third kappa shape index (κ3) is 6.76. The number of carbonyl (C=O) groups is 1. The maximum atomic E-state index is 12.3. The molecule has 2 aromatic carbocycles. The first kappa shape index (κ1) is 21.6. The van der Waals surface area contributed by atoms with Gasteiger partial charge in [-0.15, -0.1) is 0 Å². The molecule has 29 heavy (non-hydrogen) atoms. The fourth-order valence-electron chi connectivity index (χ4n) is 2.38. The van der Waals surface area contributed by atoms with Crippen molar-refractivity contribution in [2.24, 2.45) is 0 Å². The lowest BCUT2D eigenvalue weighted by atomic mass is 10.2. The number of benzene rings is 2. The van der Waals surface area contributed by atoms with Gasteiger partial charge < -0.3 is 20.1 Å². The summed E-state index contributed by atoms with van der Waals surface area (Å²) in [5, 5.41) is 16.4. The largest absolute Gasteiger partial charge is 0.493 e. The monoisotopic (exact) mass is 407 g/mol. The van der Waals surface area contributed by atoms with Gasteiger partial charge in [0.15, 0.2) is 11.5 Å². The summed E-state index contributed by atoms with van der Waals surface area (Å²) in [5.74, 6) is -0.382. The highest BCUT2D eigenvalue weighted by molar-refractivity contribution is 5.91. The zero-order valence-electron chi connectivity index (χ0n) is 15.4. The van der Waals surface area contributed by atoms with E-state index in [2.05, 4.69) is 15.4 Å². The molecule has 0 radical (unpaired) electrons. The Hall–Kier alpha value is -3.69. The number of halogens is 2. The Kier molecular flexibility index (Phi) is 7.89. The average Bonchev–Trinajstić information content (AvgIpc) is 2.70. The van der Waals surface area contributed by atoms with E-state index in [4.69, 9.17) is 4.74 Å². The van der Waals surface area contributed by atoms with Crippen LogP contribution in [0.25, 0.3) is 6.08 Å². The number of rotatable bonds is 10. The number of nitrogens with one attached hydrogen (secondary N) is 2. The number of anilines is 1. The van der Waals surface area contributed by atoms with Gasteiger partial charge in [-0.25, -0.2) is 0 Å². The van der Waals surface area contributed by atoms with Crippen LogP contribution >= 0.6 is 0 Å². The van der Waals surface area contributed by atoms with Gasteiger partial charge in [-0.3, -0.25) is 14.9 Å². The maximum absolute atomic E-state index is 12.3. The van der Waals surface area contributed by atoms with Gasteiger partial charge in [-0.1, -0.05) is 18.2 Å². The third-order valence-corrected chi connectivity index (χ3v) is 3.67. The van der Waals surface area contributed by atoms with Crippen molar-refractivity contribution in [3.63, 3.8) is 0 Å². The van der Waals surface area contributed by atoms with Crippen LogP contribution < -0.4 is 20.1 Å². The lowest BCUT2D eigenvalue weighted by Crippen LogP contribution is -2.27. The van der Waals surface area contributed by atoms with E-state index in [9.17, 15) is 23.7 Å². The summed E-state index contributed by atoms with van der Waals surface area (Å²) < 4.78 is 34.0. The van der Waals surface area contributed by atoms with Crippen molar-refractivity contribution in [1.29, 1.82) is 0 Å². The zero-order chi connectivity index (χ0) is 21.2. The molecule has 0 bridgehead atoms. The summed E-state index contributed by atoms with van der Waals surface area (Å²) >= 11 is 0. The first-order valence-corrected chi connectivity index (χ1v) is 8.46. The quantitative estimate of drug-likeness (QED) is 0.271. The van der Waals surface area contributed by atoms with E-state index in [1.807, 2.05) is 0 Å². The summed E-state index contributed by atoms with van der Waals surface area (Å²) in [6.45, 7) is -2.44. The predicted octanol–water partition coefficient (Wildman–Crippen LogP) is 3.45. The van der Waals surface area contributed by atoms with Crippen molar-refractivity contribution < 1.29 is 28.0 Å². The fraction of sp³-hybridized carbons (Fsp3) is 0.211. The molecular weight excluding hydrogens is 388 g/mol. The molecule has 0 aliphatic rings. The number of nitro groups is 1. The Morgan fingerprint density at radius 1 is 1.21 bits per heavy atom. The van der Waals surface area contributed by atoms with Crippen LogP contribution in [0, 0.1) is 10.1 Å². The number of hydrogen-bond acceptors (Lipinski definition) is 6. The number of nitro benzene ring substituents is 1. The predicted molar refractivity (Wildman–Crippen MR) is 103 cm³/mol. The standard InChI is InChI=1S/C19H19F2N3O5/c1-28-17-12-13(6-8-16(17)29-19(20)21)7-9-18(25)23-11-10-22-14-4-2-3-5-15(14)24(26)27/h2-9,12,19,22H,10-11H2,1H3,(H,23,25)/b9-7+. The van der Waals surface area contributed by atoms with Crippen molar-refractivity contribution in [3.05, 3.63) is 64.2 Å². The van der Waals surface area contributed by atoms with Gasteiger partial charge >= 0.3 is 6.61 Å². The van der Waals surface area contributed by atoms with Crippen LogP contribution in [0.15, 0.2) is 48.5 Å². The first-order valence-electron chi connectivity index (χ1n) is 8.46. The lowest BCUT2D eigenvalue weighted by molar-refractivity contribution is -0.384. The lowest BCUT2D eigenvalue weighted by Gasteiger charge is -2.10. The van der Waals surface area contributed by atoms with E-state index in [0.29, 0.717) is 11.3 Å². The molecule has 0 heterocycles. The zero-order valence-corrected chi connectivity index (χ0v) is 15.4. The Morgan fingerprint density at radius 2 is 1.97 bits per heavy atom. The van der Waals surface area contributed by atoms with Gasteiger partial charge in [-0.2, -0.15) is 8.78 Å². The molecule has 0 unspecified atom stereocenters. The molecule has 8 nitrogen and oxygen atoms in total. The van der Waals surface area contributed by atoms with E-state index in [1.54, 1.807) is 18.2 Å². The topological polar surface area (TPSA) is 103 Å². The summed E-state index contributed by atoms with van der Waals surface area (Å²) in [7, 11) is 1.32. The second kappa shape index (κ2) is 10.6. The molecule has 0 spiro atoms. The van der Waals surface area contributed by atoms with Crippen molar-refractivity contribution in [2.75, 3.05) is 25.5 Å². The summed E-state index contributed by atoms with van der Waals surface area (Å²) in [4.78, 5) is 22.3. The highest BCUT2D eigenvalue weighted by Gasteiger charge is 2.12.